The van der Waals surface area contributed by atoms with Crippen LogP contribution in [0, 0.1) is 0 Å². The van der Waals surface area contributed by atoms with Crippen LogP contribution in [0.5, 0.6) is 11.5 Å². The first-order chi connectivity index (χ1) is 14.0. The molecule has 158 valence electrons. The molecule has 2 rings (SSSR count). The zero-order valence-electron chi connectivity index (χ0n) is 16.4. The molecule has 0 aliphatic carbocycles. The van der Waals surface area contributed by atoms with Crippen molar-refractivity contribution in [1.82, 2.24) is 10.6 Å². The van der Waals surface area contributed by atoms with E-state index >= 15 is 0 Å². The maximum Gasteiger partial charge on any atom is 0.387 e. The van der Waals surface area contributed by atoms with Crippen LogP contribution in [0.25, 0.3) is 0 Å². The molecule has 2 aromatic carbocycles. The molecule has 0 fully saturated rings. The first-order valence-electron chi connectivity index (χ1n) is 8.97. The lowest BCUT2D eigenvalue weighted by atomic mass is 10.2. The summed E-state index contributed by atoms with van der Waals surface area (Å²) >= 11 is 0. The first kappa shape index (κ1) is 22.6. The van der Waals surface area contributed by atoms with Gasteiger partial charge in [0.15, 0.2) is 5.96 Å². The minimum atomic E-state index is -2.92. The van der Waals surface area contributed by atoms with Gasteiger partial charge in [-0.25, -0.2) is 0 Å². The van der Waals surface area contributed by atoms with Gasteiger partial charge in [-0.3, -0.25) is 9.20 Å². The van der Waals surface area contributed by atoms with Crippen molar-refractivity contribution >= 4 is 16.8 Å². The Balaban J connectivity index is 1.85. The molecule has 2 N–H and O–H groups in total. The Morgan fingerprint density at radius 3 is 2.59 bits per heavy atom. The van der Waals surface area contributed by atoms with Crippen LogP contribution in [0.15, 0.2) is 53.5 Å². The van der Waals surface area contributed by atoms with Crippen LogP contribution < -0.4 is 20.1 Å². The van der Waals surface area contributed by atoms with Crippen LogP contribution in [-0.4, -0.2) is 43.2 Å². The molecule has 0 radical (unpaired) electrons. The average molecular weight is 426 g/mol. The fourth-order valence-electron chi connectivity index (χ4n) is 2.55. The normalized spacial score (nSPS) is 12.5. The van der Waals surface area contributed by atoms with Gasteiger partial charge >= 0.3 is 6.61 Å². The standard InChI is InChI=1S/C20H25F2N3O3S/c1-23-20(24-10-11-29(26)14-15-6-4-3-5-7-15)25-13-16-12-17(27-2)8-9-18(16)28-19(21)22/h3-9,12,19H,10-11,13-14H2,1-2H3,(H2,23,24,25). The third-order valence-electron chi connectivity index (χ3n) is 3.95. The smallest absolute Gasteiger partial charge is 0.387 e. The van der Waals surface area contributed by atoms with Gasteiger partial charge in [0.25, 0.3) is 0 Å². The number of rotatable bonds is 10. The third-order valence-corrected chi connectivity index (χ3v) is 5.26. The molecular formula is C20H25F2N3O3S. The number of nitrogens with zero attached hydrogens (tertiary/aromatic N) is 1. The van der Waals surface area contributed by atoms with Crippen LogP contribution in [0.3, 0.4) is 0 Å². The highest BCUT2D eigenvalue weighted by atomic mass is 32.2. The minimum Gasteiger partial charge on any atom is -0.497 e. The highest BCUT2D eigenvalue weighted by Crippen LogP contribution is 2.25. The van der Waals surface area contributed by atoms with Gasteiger partial charge in [-0.05, 0) is 23.8 Å². The van der Waals surface area contributed by atoms with Crippen molar-refractivity contribution in [2.45, 2.75) is 18.9 Å². The topological polar surface area (TPSA) is 72.0 Å². The monoisotopic (exact) mass is 425 g/mol. The van der Waals surface area contributed by atoms with E-state index in [9.17, 15) is 13.0 Å². The summed E-state index contributed by atoms with van der Waals surface area (Å²) in [5, 5.41) is 6.10. The van der Waals surface area contributed by atoms with E-state index in [0.717, 1.165) is 5.56 Å². The molecule has 0 aromatic heterocycles. The number of methoxy groups -OCH3 is 1. The Hall–Kier alpha value is -2.68. The van der Waals surface area contributed by atoms with E-state index in [2.05, 4.69) is 20.4 Å². The van der Waals surface area contributed by atoms with E-state index in [1.807, 2.05) is 30.3 Å². The predicted molar refractivity (Wildman–Crippen MR) is 111 cm³/mol. The van der Waals surface area contributed by atoms with Crippen molar-refractivity contribution in [3.8, 4) is 11.5 Å². The Labute approximate surface area is 171 Å². The second-order valence-corrected chi connectivity index (χ2v) is 7.56. The van der Waals surface area contributed by atoms with E-state index in [4.69, 9.17) is 4.74 Å². The van der Waals surface area contributed by atoms with Gasteiger partial charge < -0.3 is 20.1 Å². The molecule has 0 amide bonds. The molecule has 2 aromatic rings. The van der Waals surface area contributed by atoms with Gasteiger partial charge in [0, 0.05) is 48.0 Å². The minimum absolute atomic E-state index is 0.0627. The van der Waals surface area contributed by atoms with E-state index in [1.165, 1.54) is 13.2 Å². The lowest BCUT2D eigenvalue weighted by Gasteiger charge is -2.15. The number of benzene rings is 2. The molecular weight excluding hydrogens is 400 g/mol. The Morgan fingerprint density at radius 1 is 1.17 bits per heavy atom. The summed E-state index contributed by atoms with van der Waals surface area (Å²) in [6.07, 6.45) is 0. The van der Waals surface area contributed by atoms with Crippen molar-refractivity contribution in [1.29, 1.82) is 0 Å². The molecule has 0 heterocycles. The van der Waals surface area contributed by atoms with Crippen molar-refractivity contribution in [3.63, 3.8) is 0 Å². The first-order valence-corrected chi connectivity index (χ1v) is 10.5. The third kappa shape index (κ3) is 8.06. The van der Waals surface area contributed by atoms with Gasteiger partial charge in [0.1, 0.15) is 11.5 Å². The molecule has 6 nitrogen and oxygen atoms in total. The summed E-state index contributed by atoms with van der Waals surface area (Å²) in [7, 11) is 2.08. The molecule has 1 atom stereocenters. The summed E-state index contributed by atoms with van der Waals surface area (Å²) in [5.41, 5.74) is 1.53. The van der Waals surface area contributed by atoms with Gasteiger partial charge in [-0.2, -0.15) is 8.78 Å². The number of ether oxygens (including phenoxy) is 2. The predicted octanol–water partition coefficient (Wildman–Crippen LogP) is 2.91. The van der Waals surface area contributed by atoms with Crippen LogP contribution in [-0.2, 0) is 23.1 Å². The molecule has 0 saturated carbocycles. The number of hydrogen-bond donors (Lipinski definition) is 2. The van der Waals surface area contributed by atoms with Crippen LogP contribution in [0.1, 0.15) is 11.1 Å². The molecule has 0 spiro atoms. The summed E-state index contributed by atoms with van der Waals surface area (Å²) in [6.45, 7) is -2.26. The van der Waals surface area contributed by atoms with E-state index in [1.54, 1.807) is 19.2 Å². The maximum atomic E-state index is 12.6. The SMILES string of the molecule is CN=C(NCCS(=O)Cc1ccccc1)NCc1cc(OC)ccc1OC(F)F. The number of alkyl halides is 2. The van der Waals surface area contributed by atoms with Crippen molar-refractivity contribution < 1.29 is 22.5 Å². The van der Waals surface area contributed by atoms with Crippen molar-refractivity contribution in [2.24, 2.45) is 4.99 Å². The van der Waals surface area contributed by atoms with Gasteiger partial charge in [-0.1, -0.05) is 30.3 Å². The number of guanidine groups is 1. The van der Waals surface area contributed by atoms with E-state index < -0.39 is 17.4 Å². The molecule has 0 bridgehead atoms. The number of nitrogens with one attached hydrogen (secondary N) is 2. The highest BCUT2D eigenvalue weighted by molar-refractivity contribution is 7.84. The van der Waals surface area contributed by atoms with Gasteiger partial charge in [0.05, 0.1) is 7.11 Å². The molecule has 1 unspecified atom stereocenters. The van der Waals surface area contributed by atoms with Gasteiger partial charge in [0.2, 0.25) is 0 Å². The Bertz CT molecular complexity index is 820. The quantitative estimate of drug-likeness (QED) is 0.452. The average Bonchev–Trinajstić information content (AvgIpc) is 2.71. The molecule has 0 aliphatic rings. The summed E-state index contributed by atoms with van der Waals surface area (Å²) in [5.74, 6) is 2.00. The van der Waals surface area contributed by atoms with Crippen LogP contribution >= 0.6 is 0 Å². The summed E-state index contributed by atoms with van der Waals surface area (Å²) in [4.78, 5) is 4.09. The summed E-state index contributed by atoms with van der Waals surface area (Å²) in [6, 6.07) is 14.2. The molecule has 9 heteroatoms. The molecule has 0 saturated heterocycles. The van der Waals surface area contributed by atoms with Gasteiger partial charge in [-0.15, -0.1) is 0 Å². The number of hydrogen-bond acceptors (Lipinski definition) is 4. The second-order valence-electron chi connectivity index (χ2n) is 5.98. The van der Waals surface area contributed by atoms with E-state index in [0.29, 0.717) is 35.3 Å². The lowest BCUT2D eigenvalue weighted by molar-refractivity contribution is -0.0505. The molecule has 0 aliphatic heterocycles. The Morgan fingerprint density at radius 2 is 1.93 bits per heavy atom. The zero-order chi connectivity index (χ0) is 21.1. The fraction of sp³-hybridized carbons (Fsp3) is 0.350. The van der Waals surface area contributed by atoms with Crippen LogP contribution in [0.2, 0.25) is 0 Å². The molecule has 29 heavy (non-hydrogen) atoms. The van der Waals surface area contributed by atoms with Crippen molar-refractivity contribution in [2.75, 3.05) is 26.5 Å². The van der Waals surface area contributed by atoms with Crippen molar-refractivity contribution in [3.05, 3.63) is 59.7 Å². The second kappa shape index (κ2) is 12.0. The number of halogens is 2. The largest absolute Gasteiger partial charge is 0.497 e. The fourth-order valence-corrected chi connectivity index (χ4v) is 3.59. The lowest BCUT2D eigenvalue weighted by Crippen LogP contribution is -2.38. The van der Waals surface area contributed by atoms with Crippen LogP contribution in [0.4, 0.5) is 8.78 Å². The number of aliphatic imine (C=N–C) groups is 1. The summed E-state index contributed by atoms with van der Waals surface area (Å²) < 4.78 is 47.1. The maximum absolute atomic E-state index is 12.6. The Kier molecular flexibility index (Phi) is 9.36. The zero-order valence-corrected chi connectivity index (χ0v) is 17.2. The highest BCUT2D eigenvalue weighted by Gasteiger charge is 2.12. The van der Waals surface area contributed by atoms with E-state index in [-0.39, 0.29) is 12.3 Å².